The van der Waals surface area contributed by atoms with Crippen molar-refractivity contribution >= 4 is 7.82 Å². The number of phosphoric ester groups is 1. The highest BCUT2D eigenvalue weighted by atomic mass is 31.2. The summed E-state index contributed by atoms with van der Waals surface area (Å²) < 4.78 is 44.9. The SMILES string of the molecule is NOP(=O)(O)OCCOCCOCCOCCOCCOCCO. The van der Waals surface area contributed by atoms with Crippen molar-refractivity contribution in [2.75, 3.05) is 79.3 Å². The number of phosphoric acid groups is 1. The minimum Gasteiger partial charge on any atom is -0.394 e. The lowest BCUT2D eigenvalue weighted by atomic mass is 10.7. The first kappa shape index (κ1) is 23.8. The van der Waals surface area contributed by atoms with Crippen LogP contribution in [-0.4, -0.2) is 89.3 Å². The number of aliphatic hydroxyl groups excluding tert-OH is 1. The third kappa shape index (κ3) is 18.2. The molecule has 0 aliphatic carbocycles. The Labute approximate surface area is 141 Å². The summed E-state index contributed by atoms with van der Waals surface area (Å²) in [6, 6.07) is 0. The minimum absolute atomic E-state index is 0.00983. The second kappa shape index (κ2) is 17.6. The van der Waals surface area contributed by atoms with Gasteiger partial charge in [-0.05, 0) is 0 Å². The van der Waals surface area contributed by atoms with Crippen LogP contribution in [0, 0.1) is 0 Å². The molecule has 0 amide bonds. The van der Waals surface area contributed by atoms with Crippen molar-refractivity contribution in [1.82, 2.24) is 0 Å². The number of rotatable bonds is 19. The summed E-state index contributed by atoms with van der Waals surface area (Å²) >= 11 is 0. The average molecular weight is 377 g/mol. The molecule has 0 aliphatic heterocycles. The van der Waals surface area contributed by atoms with Crippen LogP contribution in [0.25, 0.3) is 0 Å². The summed E-state index contributed by atoms with van der Waals surface area (Å²) in [4.78, 5) is 8.82. The van der Waals surface area contributed by atoms with Gasteiger partial charge >= 0.3 is 7.82 Å². The van der Waals surface area contributed by atoms with Gasteiger partial charge in [0.15, 0.2) is 0 Å². The molecular weight excluding hydrogens is 349 g/mol. The van der Waals surface area contributed by atoms with Gasteiger partial charge in [-0.3, -0.25) is 4.52 Å². The van der Waals surface area contributed by atoms with Crippen molar-refractivity contribution in [2.24, 2.45) is 5.90 Å². The monoisotopic (exact) mass is 377 g/mol. The van der Waals surface area contributed by atoms with Crippen LogP contribution in [0.4, 0.5) is 0 Å². The third-order valence-corrected chi connectivity index (χ3v) is 3.11. The fourth-order valence-corrected chi connectivity index (χ4v) is 1.65. The maximum absolute atomic E-state index is 10.8. The maximum Gasteiger partial charge on any atom is 0.488 e. The van der Waals surface area contributed by atoms with E-state index in [0.717, 1.165) is 0 Å². The molecule has 0 rings (SSSR count). The molecule has 0 bridgehead atoms. The molecule has 0 saturated heterocycles. The second-order valence-corrected chi connectivity index (χ2v) is 5.60. The number of ether oxygens (including phenoxy) is 5. The van der Waals surface area contributed by atoms with E-state index in [2.05, 4.69) is 15.0 Å². The predicted octanol–water partition coefficient (Wildman–Crippen LogP) is -0.931. The third-order valence-electron chi connectivity index (χ3n) is 2.34. The standard InChI is InChI=1S/C12H28NO10P/c13-23-24(15,16)22-12-11-21-10-9-20-8-7-19-6-5-18-4-3-17-2-1-14/h14H,1-13H2,(H,15,16). The molecule has 0 aliphatic rings. The molecule has 1 atom stereocenters. The Kier molecular flexibility index (Phi) is 17.5. The van der Waals surface area contributed by atoms with Gasteiger partial charge in [0, 0.05) is 0 Å². The van der Waals surface area contributed by atoms with Crippen LogP contribution in [-0.2, 0) is 37.4 Å². The Hall–Kier alpha value is -0.170. The van der Waals surface area contributed by atoms with Crippen molar-refractivity contribution in [3.8, 4) is 0 Å². The van der Waals surface area contributed by atoms with Crippen LogP contribution in [0.3, 0.4) is 0 Å². The van der Waals surface area contributed by atoms with Crippen molar-refractivity contribution in [1.29, 1.82) is 0 Å². The highest BCUT2D eigenvalue weighted by Crippen LogP contribution is 2.40. The maximum atomic E-state index is 10.8. The molecule has 0 fully saturated rings. The van der Waals surface area contributed by atoms with Gasteiger partial charge in [-0.15, -0.1) is 0 Å². The molecule has 0 heterocycles. The molecule has 0 aromatic heterocycles. The molecule has 12 heteroatoms. The van der Waals surface area contributed by atoms with Crippen LogP contribution in [0.15, 0.2) is 0 Å². The Morgan fingerprint density at radius 2 is 1.00 bits per heavy atom. The number of hydrogen-bond donors (Lipinski definition) is 3. The lowest BCUT2D eigenvalue weighted by Gasteiger charge is -2.09. The van der Waals surface area contributed by atoms with Gasteiger partial charge in [-0.1, -0.05) is 0 Å². The van der Waals surface area contributed by atoms with Crippen molar-refractivity contribution in [2.45, 2.75) is 0 Å². The van der Waals surface area contributed by atoms with E-state index in [1.807, 2.05) is 0 Å². The van der Waals surface area contributed by atoms with Crippen LogP contribution in [0.2, 0.25) is 0 Å². The molecule has 11 nitrogen and oxygen atoms in total. The van der Waals surface area contributed by atoms with Crippen LogP contribution in [0.5, 0.6) is 0 Å². The lowest BCUT2D eigenvalue weighted by molar-refractivity contribution is -0.0153. The summed E-state index contributed by atoms with van der Waals surface area (Å²) in [6.45, 7) is 3.72. The van der Waals surface area contributed by atoms with Crippen molar-refractivity contribution in [3.63, 3.8) is 0 Å². The lowest BCUT2D eigenvalue weighted by Crippen LogP contribution is -2.14. The first-order valence-electron chi connectivity index (χ1n) is 7.48. The van der Waals surface area contributed by atoms with E-state index in [-0.39, 0.29) is 19.8 Å². The number of nitrogens with two attached hydrogens (primary N) is 1. The van der Waals surface area contributed by atoms with Crippen molar-refractivity contribution < 1.29 is 47.4 Å². The van der Waals surface area contributed by atoms with Crippen molar-refractivity contribution in [3.05, 3.63) is 0 Å². The Balaban J connectivity index is 3.06. The van der Waals surface area contributed by atoms with Crippen LogP contribution in [0.1, 0.15) is 0 Å². The van der Waals surface area contributed by atoms with E-state index < -0.39 is 7.82 Å². The first-order valence-corrected chi connectivity index (χ1v) is 8.97. The molecule has 4 N–H and O–H groups in total. The fraction of sp³-hybridized carbons (Fsp3) is 1.00. The van der Waals surface area contributed by atoms with E-state index in [9.17, 15) is 4.57 Å². The van der Waals surface area contributed by atoms with Gasteiger partial charge < -0.3 is 33.7 Å². The Bertz CT molecular complexity index is 310. The van der Waals surface area contributed by atoms with Gasteiger partial charge in [0.1, 0.15) is 0 Å². The molecule has 0 aromatic rings. The zero-order chi connectivity index (χ0) is 17.9. The van der Waals surface area contributed by atoms with Gasteiger partial charge in [0.05, 0.1) is 79.3 Å². The number of hydrogen-bond acceptors (Lipinski definition) is 10. The Morgan fingerprint density at radius 1 is 0.667 bits per heavy atom. The van der Waals surface area contributed by atoms with Gasteiger partial charge in [0.2, 0.25) is 0 Å². The first-order chi connectivity index (χ1) is 11.6. The van der Waals surface area contributed by atoms with Gasteiger partial charge in [0.25, 0.3) is 0 Å². The summed E-state index contributed by atoms with van der Waals surface area (Å²) in [5.41, 5.74) is 0. The molecular formula is C12H28NO10P. The molecule has 24 heavy (non-hydrogen) atoms. The Morgan fingerprint density at radius 3 is 1.33 bits per heavy atom. The molecule has 0 aromatic carbocycles. The van der Waals surface area contributed by atoms with E-state index in [1.54, 1.807) is 0 Å². The van der Waals surface area contributed by atoms with E-state index >= 15 is 0 Å². The fourth-order valence-electron chi connectivity index (χ4n) is 1.29. The van der Waals surface area contributed by atoms with E-state index in [1.165, 1.54) is 0 Å². The average Bonchev–Trinajstić information content (AvgIpc) is 2.57. The topological polar surface area (TPSA) is 148 Å². The molecule has 0 saturated carbocycles. The quantitative estimate of drug-likeness (QED) is 0.146. The summed E-state index contributed by atoms with van der Waals surface area (Å²) in [7, 11) is -4.14. The van der Waals surface area contributed by atoms with E-state index in [0.29, 0.717) is 59.5 Å². The summed E-state index contributed by atoms with van der Waals surface area (Å²) in [5.74, 6) is 4.55. The molecule has 0 radical (unpaired) electrons. The van der Waals surface area contributed by atoms with Crippen LogP contribution < -0.4 is 5.90 Å². The molecule has 0 spiro atoms. The highest BCUT2D eigenvalue weighted by molar-refractivity contribution is 7.47. The normalized spacial score (nSPS) is 14.0. The number of aliphatic hydroxyl groups is 1. The largest absolute Gasteiger partial charge is 0.488 e. The zero-order valence-corrected chi connectivity index (χ0v) is 14.6. The summed E-state index contributed by atoms with van der Waals surface area (Å²) in [6.07, 6.45) is 0. The van der Waals surface area contributed by atoms with E-state index in [4.69, 9.17) is 33.7 Å². The van der Waals surface area contributed by atoms with Crippen LogP contribution >= 0.6 is 7.82 Å². The summed E-state index contributed by atoms with van der Waals surface area (Å²) in [5, 5.41) is 8.48. The highest BCUT2D eigenvalue weighted by Gasteiger charge is 2.18. The minimum atomic E-state index is -4.14. The van der Waals surface area contributed by atoms with Gasteiger partial charge in [-0.2, -0.15) is 0 Å². The molecule has 1 unspecified atom stereocenters. The zero-order valence-electron chi connectivity index (χ0n) is 13.7. The predicted molar refractivity (Wildman–Crippen MR) is 82.2 cm³/mol. The molecule has 146 valence electrons. The second-order valence-electron chi connectivity index (χ2n) is 4.19. The smallest absolute Gasteiger partial charge is 0.394 e. The van der Waals surface area contributed by atoms with Gasteiger partial charge in [-0.25, -0.2) is 15.1 Å².